The van der Waals surface area contributed by atoms with Crippen molar-refractivity contribution in [3.8, 4) is 0 Å². The van der Waals surface area contributed by atoms with Crippen LogP contribution >= 0.6 is 11.3 Å². The minimum Gasteiger partial charge on any atom is -0.368 e. The van der Waals surface area contributed by atoms with Crippen LogP contribution in [0.4, 0.5) is 5.13 Å². The van der Waals surface area contributed by atoms with E-state index in [9.17, 15) is 9.59 Å². The topological polar surface area (TPSA) is 100 Å². The van der Waals surface area contributed by atoms with Gasteiger partial charge in [-0.1, -0.05) is 0 Å². The first kappa shape index (κ1) is 13.9. The zero-order valence-electron chi connectivity index (χ0n) is 10.7. The lowest BCUT2D eigenvalue weighted by Crippen LogP contribution is -2.56. The number of nitrogens with one attached hydrogen (secondary N) is 2. The van der Waals surface area contributed by atoms with Crippen LogP contribution in [0.1, 0.15) is 12.6 Å². The number of hydrogen-bond donors (Lipinski definition) is 3. The molecule has 0 bridgehead atoms. The molecule has 1 saturated heterocycles. The van der Waals surface area contributed by atoms with Crippen LogP contribution in [0.2, 0.25) is 0 Å². The Labute approximate surface area is 115 Å². The molecule has 7 nitrogen and oxygen atoms in total. The number of aromatic nitrogens is 1. The highest BCUT2D eigenvalue weighted by atomic mass is 32.1. The summed E-state index contributed by atoms with van der Waals surface area (Å²) in [5.41, 5.74) is 6.22. The second kappa shape index (κ2) is 6.09. The summed E-state index contributed by atoms with van der Waals surface area (Å²) in [5.74, 6) is -0.470. The number of piperazine rings is 1. The van der Waals surface area contributed by atoms with Gasteiger partial charge in [-0.25, -0.2) is 4.98 Å². The molecule has 0 saturated carbocycles. The summed E-state index contributed by atoms with van der Waals surface area (Å²) in [6, 6.07) is -0.306. The van der Waals surface area contributed by atoms with Crippen molar-refractivity contribution < 1.29 is 9.59 Å². The van der Waals surface area contributed by atoms with Crippen molar-refractivity contribution in [1.82, 2.24) is 15.2 Å². The van der Waals surface area contributed by atoms with E-state index in [1.54, 1.807) is 0 Å². The Morgan fingerprint density at radius 1 is 1.68 bits per heavy atom. The smallest absolute Gasteiger partial charge is 0.236 e. The fraction of sp³-hybridized carbons (Fsp3) is 0.545. The van der Waals surface area contributed by atoms with Gasteiger partial charge in [0.1, 0.15) is 6.04 Å². The molecule has 104 valence electrons. The molecule has 19 heavy (non-hydrogen) atoms. The lowest BCUT2D eigenvalue weighted by Gasteiger charge is -2.33. The molecule has 1 atom stereocenters. The van der Waals surface area contributed by atoms with Gasteiger partial charge >= 0.3 is 0 Å². The van der Waals surface area contributed by atoms with Crippen LogP contribution < -0.4 is 16.4 Å². The number of carbonyl (C=O) groups is 2. The zero-order chi connectivity index (χ0) is 13.8. The van der Waals surface area contributed by atoms with Gasteiger partial charge in [0.2, 0.25) is 11.8 Å². The average Bonchev–Trinajstić information content (AvgIpc) is 2.76. The molecular weight excluding hydrogens is 266 g/mol. The molecular formula is C11H17N5O2S. The Morgan fingerprint density at radius 3 is 3.16 bits per heavy atom. The van der Waals surface area contributed by atoms with Crippen LogP contribution in [0.5, 0.6) is 0 Å². The number of primary amides is 1. The van der Waals surface area contributed by atoms with E-state index >= 15 is 0 Å². The van der Waals surface area contributed by atoms with Crippen molar-refractivity contribution in [2.75, 3.05) is 25.0 Å². The standard InChI is InChI=1S/C11H17N5O2S/c1-7(17)14-11-15-8(6-19-11)5-16-3-2-13-4-9(16)10(12)18/h6,9,13H,2-5H2,1H3,(H2,12,18)(H,14,15,17). The molecule has 0 radical (unpaired) electrons. The van der Waals surface area contributed by atoms with Gasteiger partial charge in [0.05, 0.1) is 5.69 Å². The maximum Gasteiger partial charge on any atom is 0.236 e. The number of nitrogens with zero attached hydrogens (tertiary/aromatic N) is 2. The van der Waals surface area contributed by atoms with Gasteiger partial charge in [0.25, 0.3) is 0 Å². The van der Waals surface area contributed by atoms with E-state index in [2.05, 4.69) is 15.6 Å². The minimum absolute atomic E-state index is 0.141. The van der Waals surface area contributed by atoms with Gasteiger partial charge in [0, 0.05) is 38.5 Å². The minimum atomic E-state index is -0.329. The summed E-state index contributed by atoms with van der Waals surface area (Å²) in [4.78, 5) is 28.6. The van der Waals surface area contributed by atoms with Crippen LogP contribution in [0, 0.1) is 0 Å². The summed E-state index contributed by atoms with van der Waals surface area (Å²) in [6.45, 7) is 4.15. The molecule has 1 aliphatic heterocycles. The Balaban J connectivity index is 2.00. The molecule has 1 aliphatic rings. The summed E-state index contributed by atoms with van der Waals surface area (Å²) < 4.78 is 0. The van der Waals surface area contributed by atoms with E-state index in [1.807, 2.05) is 10.3 Å². The van der Waals surface area contributed by atoms with Crippen molar-refractivity contribution >= 4 is 28.3 Å². The Bertz CT molecular complexity index is 475. The number of carbonyl (C=O) groups excluding carboxylic acids is 2. The molecule has 1 aromatic heterocycles. The molecule has 2 heterocycles. The van der Waals surface area contributed by atoms with Gasteiger partial charge in [-0.05, 0) is 0 Å². The van der Waals surface area contributed by atoms with Crippen molar-refractivity contribution in [1.29, 1.82) is 0 Å². The maximum atomic E-state index is 11.4. The van der Waals surface area contributed by atoms with E-state index in [0.717, 1.165) is 18.8 Å². The summed E-state index contributed by atoms with van der Waals surface area (Å²) in [5, 5.41) is 8.25. The van der Waals surface area contributed by atoms with E-state index < -0.39 is 0 Å². The SMILES string of the molecule is CC(=O)Nc1nc(CN2CCNCC2C(N)=O)cs1. The lowest BCUT2D eigenvalue weighted by molar-refractivity contribution is -0.124. The molecule has 2 amide bonds. The monoisotopic (exact) mass is 283 g/mol. The first-order valence-corrected chi connectivity index (χ1v) is 6.90. The molecule has 1 fully saturated rings. The molecule has 0 aliphatic carbocycles. The number of thiazole rings is 1. The van der Waals surface area contributed by atoms with E-state index in [4.69, 9.17) is 5.73 Å². The second-order valence-corrected chi connectivity index (χ2v) is 5.28. The van der Waals surface area contributed by atoms with Gasteiger partial charge in [-0.2, -0.15) is 0 Å². The molecule has 8 heteroatoms. The fourth-order valence-electron chi connectivity index (χ4n) is 2.01. The summed E-state index contributed by atoms with van der Waals surface area (Å²) >= 11 is 1.37. The molecule has 0 spiro atoms. The third-order valence-electron chi connectivity index (χ3n) is 2.88. The van der Waals surface area contributed by atoms with Crippen LogP contribution in [0.15, 0.2) is 5.38 Å². The highest BCUT2D eigenvalue weighted by Crippen LogP contribution is 2.18. The van der Waals surface area contributed by atoms with Gasteiger partial charge in [0.15, 0.2) is 5.13 Å². The van der Waals surface area contributed by atoms with Crippen molar-refractivity contribution in [2.45, 2.75) is 19.5 Å². The third kappa shape index (κ3) is 3.72. The Hall–Kier alpha value is -1.51. The quantitative estimate of drug-likeness (QED) is 0.682. The van der Waals surface area contributed by atoms with Crippen molar-refractivity contribution in [3.05, 3.63) is 11.1 Å². The van der Waals surface area contributed by atoms with E-state index in [1.165, 1.54) is 18.3 Å². The number of rotatable bonds is 4. The number of hydrogen-bond acceptors (Lipinski definition) is 6. The highest BCUT2D eigenvalue weighted by Gasteiger charge is 2.27. The first-order valence-electron chi connectivity index (χ1n) is 6.02. The average molecular weight is 283 g/mol. The van der Waals surface area contributed by atoms with Crippen LogP contribution in [-0.4, -0.2) is 47.4 Å². The number of nitrogens with two attached hydrogens (primary N) is 1. The Kier molecular flexibility index (Phi) is 4.46. The predicted octanol–water partition coefficient (Wildman–Crippen LogP) is -0.639. The number of amides is 2. The highest BCUT2D eigenvalue weighted by molar-refractivity contribution is 7.13. The summed E-state index contributed by atoms with van der Waals surface area (Å²) in [6.07, 6.45) is 0. The molecule has 2 rings (SSSR count). The van der Waals surface area contributed by atoms with Gasteiger partial charge in [-0.15, -0.1) is 11.3 Å². The normalized spacial score (nSPS) is 20.2. The largest absolute Gasteiger partial charge is 0.368 e. The number of anilines is 1. The summed E-state index contributed by atoms with van der Waals surface area (Å²) in [7, 11) is 0. The van der Waals surface area contributed by atoms with Gasteiger partial charge in [-0.3, -0.25) is 14.5 Å². The molecule has 1 unspecified atom stereocenters. The third-order valence-corrected chi connectivity index (χ3v) is 3.69. The van der Waals surface area contributed by atoms with Crippen LogP contribution in [0.3, 0.4) is 0 Å². The van der Waals surface area contributed by atoms with Crippen molar-refractivity contribution in [2.24, 2.45) is 5.73 Å². The second-order valence-electron chi connectivity index (χ2n) is 4.42. The predicted molar refractivity (Wildman–Crippen MR) is 72.7 cm³/mol. The Morgan fingerprint density at radius 2 is 2.47 bits per heavy atom. The lowest BCUT2D eigenvalue weighted by atomic mass is 10.2. The van der Waals surface area contributed by atoms with Crippen molar-refractivity contribution in [3.63, 3.8) is 0 Å². The maximum absolute atomic E-state index is 11.4. The fourth-order valence-corrected chi connectivity index (χ4v) is 2.76. The zero-order valence-corrected chi connectivity index (χ0v) is 11.5. The van der Waals surface area contributed by atoms with E-state index in [-0.39, 0.29) is 17.9 Å². The molecule has 1 aromatic rings. The van der Waals surface area contributed by atoms with Crippen LogP contribution in [-0.2, 0) is 16.1 Å². The van der Waals surface area contributed by atoms with E-state index in [0.29, 0.717) is 18.2 Å². The molecule has 4 N–H and O–H groups in total. The van der Waals surface area contributed by atoms with Crippen LogP contribution in [0.25, 0.3) is 0 Å². The molecule has 0 aromatic carbocycles. The van der Waals surface area contributed by atoms with Gasteiger partial charge < -0.3 is 16.4 Å². The first-order chi connectivity index (χ1) is 9.06.